The molecule has 0 saturated carbocycles. The highest BCUT2D eigenvalue weighted by Crippen LogP contribution is 2.49. The van der Waals surface area contributed by atoms with Gasteiger partial charge in [-0.05, 0) is 30.2 Å². The Morgan fingerprint density at radius 2 is 1.83 bits per heavy atom. The molecule has 2 bridgehead atoms. The second-order valence-electron chi connectivity index (χ2n) is 9.39. The zero-order chi connectivity index (χ0) is 24.5. The molecule has 0 aliphatic carbocycles. The second kappa shape index (κ2) is 9.76. The zero-order valence-electron chi connectivity index (χ0n) is 19.7. The summed E-state index contributed by atoms with van der Waals surface area (Å²) < 4.78 is 16.4. The molecule has 0 spiro atoms. The Balaban J connectivity index is 1.62. The van der Waals surface area contributed by atoms with Crippen molar-refractivity contribution in [3.8, 4) is 11.1 Å². The summed E-state index contributed by atoms with van der Waals surface area (Å²) in [6.07, 6.45) is 0.797. The number of nitrogens with one attached hydrogen (secondary N) is 1. The molecule has 0 radical (unpaired) electrons. The number of aromatic nitrogens is 1. The van der Waals surface area contributed by atoms with E-state index in [0.29, 0.717) is 30.8 Å². The van der Waals surface area contributed by atoms with E-state index in [1.165, 1.54) is 6.07 Å². The van der Waals surface area contributed by atoms with Crippen LogP contribution in [0.5, 0.6) is 0 Å². The summed E-state index contributed by atoms with van der Waals surface area (Å²) in [4.78, 5) is 29.1. The molecule has 2 aliphatic heterocycles. The number of nitrogens with zero attached hydrogens (tertiary/aromatic N) is 2. The van der Waals surface area contributed by atoms with E-state index < -0.39 is 12.0 Å². The van der Waals surface area contributed by atoms with Crippen LogP contribution >= 0.6 is 0 Å². The van der Waals surface area contributed by atoms with Crippen molar-refractivity contribution in [3.63, 3.8) is 0 Å². The quantitative estimate of drug-likeness (QED) is 0.550. The molecule has 3 aromatic rings. The number of benzene rings is 2. The summed E-state index contributed by atoms with van der Waals surface area (Å²) in [5, 5.41) is 13.4. The van der Waals surface area contributed by atoms with Gasteiger partial charge >= 0.3 is 0 Å². The van der Waals surface area contributed by atoms with Crippen LogP contribution in [-0.4, -0.2) is 39.7 Å². The number of hydrogen-bond donors (Lipinski definition) is 2. The molecule has 1 saturated heterocycles. The maximum atomic E-state index is 14.6. The number of aliphatic hydroxyl groups is 1. The lowest BCUT2D eigenvalue weighted by Gasteiger charge is -2.38. The van der Waals surface area contributed by atoms with Crippen molar-refractivity contribution in [2.75, 3.05) is 13.2 Å². The van der Waals surface area contributed by atoms with Crippen molar-refractivity contribution in [1.29, 1.82) is 0 Å². The summed E-state index contributed by atoms with van der Waals surface area (Å²) in [6.45, 7) is 2.97. The third kappa shape index (κ3) is 4.09. The third-order valence-corrected chi connectivity index (χ3v) is 7.42. The van der Waals surface area contributed by atoms with E-state index in [1.807, 2.05) is 49.4 Å². The van der Waals surface area contributed by atoms with Crippen LogP contribution in [0.15, 0.2) is 71.5 Å². The Morgan fingerprint density at radius 1 is 1.09 bits per heavy atom. The second-order valence-corrected chi connectivity index (χ2v) is 9.39. The van der Waals surface area contributed by atoms with Gasteiger partial charge < -0.3 is 15.0 Å². The van der Waals surface area contributed by atoms with Crippen molar-refractivity contribution < 1.29 is 14.3 Å². The smallest absolute Gasteiger partial charge is 0.258 e. The third-order valence-electron chi connectivity index (χ3n) is 7.42. The molecule has 1 amide bonds. The number of halogens is 1. The predicted octanol–water partition coefficient (Wildman–Crippen LogP) is 3.34. The molecule has 7 heteroatoms. The monoisotopic (exact) mass is 475 g/mol. The zero-order valence-corrected chi connectivity index (χ0v) is 19.7. The van der Waals surface area contributed by atoms with Gasteiger partial charge in [0.2, 0.25) is 5.91 Å². The van der Waals surface area contributed by atoms with E-state index in [0.717, 1.165) is 17.7 Å². The van der Waals surface area contributed by atoms with Gasteiger partial charge in [-0.25, -0.2) is 4.39 Å². The van der Waals surface area contributed by atoms with Gasteiger partial charge in [0, 0.05) is 55.0 Å². The van der Waals surface area contributed by atoms with E-state index >= 15 is 0 Å². The lowest BCUT2D eigenvalue weighted by molar-refractivity contribution is -0.127. The highest BCUT2D eigenvalue weighted by molar-refractivity contribution is 5.80. The molecule has 0 unspecified atom stereocenters. The lowest BCUT2D eigenvalue weighted by Crippen LogP contribution is -2.46. The van der Waals surface area contributed by atoms with Gasteiger partial charge in [-0.15, -0.1) is 0 Å². The number of rotatable bonds is 7. The first-order chi connectivity index (χ1) is 17.0. The first kappa shape index (κ1) is 23.5. The van der Waals surface area contributed by atoms with Crippen LogP contribution in [0.25, 0.3) is 11.1 Å². The standard InChI is InChI=1S/C28H30FN3O3/c1-2-14-30-27(34)25-21(17-33)24-16-32-23(13-12-20(28(32)35)18-8-4-3-5-9-18)26(25)31(24)15-19-10-6-7-11-22(19)29/h3-13,21,24-26,33H,2,14-17H2,1H3,(H,30,34)/t21-,24-,25+,26+/m0/s1. The normalized spacial score (nSPS) is 23.2. The molecule has 3 heterocycles. The molecule has 2 aromatic carbocycles. The molecule has 2 aliphatic rings. The minimum Gasteiger partial charge on any atom is -0.396 e. The first-order valence-electron chi connectivity index (χ1n) is 12.2. The van der Waals surface area contributed by atoms with Gasteiger partial charge in [-0.2, -0.15) is 0 Å². The largest absolute Gasteiger partial charge is 0.396 e. The van der Waals surface area contributed by atoms with Gasteiger partial charge in [0.25, 0.3) is 5.56 Å². The molecule has 182 valence electrons. The van der Waals surface area contributed by atoms with Crippen molar-refractivity contribution in [2.45, 2.75) is 38.5 Å². The topological polar surface area (TPSA) is 74.6 Å². The number of aliphatic hydroxyl groups excluding tert-OH is 1. The number of carbonyl (C=O) groups is 1. The number of carbonyl (C=O) groups excluding carboxylic acids is 1. The molecular weight excluding hydrogens is 445 g/mol. The van der Waals surface area contributed by atoms with Gasteiger partial charge in [0.05, 0.1) is 12.0 Å². The first-order valence-corrected chi connectivity index (χ1v) is 12.2. The van der Waals surface area contributed by atoms with Crippen molar-refractivity contribution in [3.05, 3.63) is 94.2 Å². The van der Waals surface area contributed by atoms with E-state index in [4.69, 9.17) is 0 Å². The van der Waals surface area contributed by atoms with Crippen LogP contribution in [0, 0.1) is 17.7 Å². The summed E-state index contributed by atoms with van der Waals surface area (Å²) in [5.74, 6) is -1.35. The molecule has 35 heavy (non-hydrogen) atoms. The van der Waals surface area contributed by atoms with E-state index in [9.17, 15) is 19.1 Å². The van der Waals surface area contributed by atoms with Crippen LogP contribution in [0.1, 0.15) is 30.6 Å². The molecule has 6 nitrogen and oxygen atoms in total. The van der Waals surface area contributed by atoms with E-state index in [-0.39, 0.29) is 35.9 Å². The molecule has 2 N–H and O–H groups in total. The molecular formula is C28H30FN3O3. The van der Waals surface area contributed by atoms with Crippen LogP contribution in [0.2, 0.25) is 0 Å². The van der Waals surface area contributed by atoms with Gasteiger partial charge in [0.1, 0.15) is 5.82 Å². The van der Waals surface area contributed by atoms with Gasteiger partial charge in [0.15, 0.2) is 0 Å². The number of hydrogen-bond acceptors (Lipinski definition) is 4. The Hall–Kier alpha value is -3.29. The minimum absolute atomic E-state index is 0.111. The van der Waals surface area contributed by atoms with Crippen LogP contribution < -0.4 is 10.9 Å². The number of amides is 1. The van der Waals surface area contributed by atoms with Gasteiger partial charge in [-0.3, -0.25) is 14.5 Å². The highest BCUT2D eigenvalue weighted by atomic mass is 19.1. The van der Waals surface area contributed by atoms with E-state index in [1.54, 1.807) is 22.8 Å². The van der Waals surface area contributed by atoms with Gasteiger partial charge in [-0.1, -0.05) is 55.5 Å². The van der Waals surface area contributed by atoms with E-state index in [2.05, 4.69) is 10.2 Å². The summed E-state index contributed by atoms with van der Waals surface area (Å²) in [5.41, 5.74) is 2.59. The predicted molar refractivity (Wildman–Crippen MR) is 132 cm³/mol. The fourth-order valence-electron chi connectivity index (χ4n) is 5.77. The Morgan fingerprint density at radius 3 is 2.54 bits per heavy atom. The number of pyridine rings is 1. The van der Waals surface area contributed by atoms with Crippen LogP contribution in [0.3, 0.4) is 0 Å². The van der Waals surface area contributed by atoms with Crippen molar-refractivity contribution in [2.24, 2.45) is 11.8 Å². The molecule has 5 rings (SSSR count). The molecule has 1 fully saturated rings. The van der Waals surface area contributed by atoms with Crippen molar-refractivity contribution in [1.82, 2.24) is 14.8 Å². The minimum atomic E-state index is -0.543. The Labute approximate surface area is 204 Å². The Bertz CT molecular complexity index is 1280. The summed E-state index contributed by atoms with van der Waals surface area (Å²) in [6, 6.07) is 19.2. The summed E-state index contributed by atoms with van der Waals surface area (Å²) >= 11 is 0. The number of fused-ring (bicyclic) bond motifs is 4. The Kier molecular flexibility index (Phi) is 6.54. The molecule has 1 aromatic heterocycles. The highest BCUT2D eigenvalue weighted by Gasteiger charge is 2.55. The lowest BCUT2D eigenvalue weighted by atomic mass is 9.86. The fraction of sp³-hybridized carbons (Fsp3) is 0.357. The van der Waals surface area contributed by atoms with Crippen LogP contribution in [-0.2, 0) is 17.9 Å². The summed E-state index contributed by atoms with van der Waals surface area (Å²) in [7, 11) is 0. The molecule has 4 atom stereocenters. The van der Waals surface area contributed by atoms with Crippen molar-refractivity contribution >= 4 is 5.91 Å². The SMILES string of the molecule is CCCNC(=O)[C@@H]1[C@@H](CO)[C@@H]2Cn3c(ccc(-c4ccccc4)c3=O)[C@H]1N2Cc1ccccc1F. The fourth-order valence-corrected chi connectivity index (χ4v) is 5.77. The maximum Gasteiger partial charge on any atom is 0.258 e. The maximum absolute atomic E-state index is 14.6. The van der Waals surface area contributed by atoms with Crippen LogP contribution in [0.4, 0.5) is 4.39 Å². The average molecular weight is 476 g/mol. The average Bonchev–Trinajstić information content (AvgIpc) is 3.08.